The average Bonchev–Trinajstić information content (AvgIpc) is 3.26. The fourth-order valence-electron chi connectivity index (χ4n) is 3.64. The van der Waals surface area contributed by atoms with E-state index in [0.29, 0.717) is 18.5 Å². The van der Waals surface area contributed by atoms with Crippen molar-refractivity contribution in [2.45, 2.75) is 30.6 Å². The molecule has 2 N–H and O–H groups in total. The van der Waals surface area contributed by atoms with Crippen LogP contribution in [0.5, 0.6) is 0 Å². The van der Waals surface area contributed by atoms with Gasteiger partial charge < -0.3 is 0 Å². The predicted molar refractivity (Wildman–Crippen MR) is 124 cm³/mol. The maximum Gasteiger partial charge on any atom is 0.269 e. The van der Waals surface area contributed by atoms with Crippen molar-refractivity contribution in [1.29, 1.82) is 0 Å². The second kappa shape index (κ2) is 9.86. The number of fused-ring (bicyclic) bond motifs is 1. The number of hydrogen-bond acceptors (Lipinski definition) is 7. The van der Waals surface area contributed by atoms with Crippen molar-refractivity contribution < 1.29 is 13.2 Å². The van der Waals surface area contributed by atoms with Crippen LogP contribution in [0.1, 0.15) is 33.5 Å². The number of carbonyl (C=O) groups excluding carboxylic acids is 1. The quantitative estimate of drug-likeness (QED) is 0.387. The van der Waals surface area contributed by atoms with Gasteiger partial charge in [-0.1, -0.05) is 53.3 Å². The molecule has 4 rings (SSSR count). The topological polar surface area (TPSA) is 104 Å². The SMILES string of the molecule is Cc1cccc(C(=O)Nc2nnc(S(=O)(=O)NCCCN3CCc4ccccc4C3)s2)c1. The van der Waals surface area contributed by atoms with Crippen LogP contribution in [0.25, 0.3) is 0 Å². The summed E-state index contributed by atoms with van der Waals surface area (Å²) in [6, 6.07) is 15.5. The van der Waals surface area contributed by atoms with Gasteiger partial charge in [-0.2, -0.15) is 0 Å². The van der Waals surface area contributed by atoms with Crippen molar-refractivity contribution in [2.75, 3.05) is 25.0 Å². The zero-order valence-corrected chi connectivity index (χ0v) is 19.4. The van der Waals surface area contributed by atoms with Gasteiger partial charge in [-0.3, -0.25) is 15.0 Å². The first-order valence-electron chi connectivity index (χ1n) is 10.4. The van der Waals surface area contributed by atoms with Crippen LogP contribution in [0.15, 0.2) is 52.9 Å². The fourth-order valence-corrected chi connectivity index (χ4v) is 5.65. The van der Waals surface area contributed by atoms with E-state index in [1.165, 1.54) is 11.1 Å². The van der Waals surface area contributed by atoms with E-state index in [2.05, 4.69) is 49.4 Å². The number of hydrogen-bond donors (Lipinski definition) is 2. The molecule has 2 heterocycles. The lowest BCUT2D eigenvalue weighted by atomic mass is 10.00. The highest BCUT2D eigenvalue weighted by Crippen LogP contribution is 2.21. The lowest BCUT2D eigenvalue weighted by molar-refractivity contribution is 0.102. The molecule has 1 aliphatic rings. The molecule has 32 heavy (non-hydrogen) atoms. The molecule has 0 unspecified atom stereocenters. The van der Waals surface area contributed by atoms with Crippen molar-refractivity contribution in [3.05, 3.63) is 70.8 Å². The first kappa shape index (κ1) is 22.5. The Kier molecular flexibility index (Phi) is 6.95. The van der Waals surface area contributed by atoms with Gasteiger partial charge in [0.25, 0.3) is 15.9 Å². The molecule has 0 radical (unpaired) electrons. The minimum absolute atomic E-state index is 0.142. The highest BCUT2D eigenvalue weighted by Gasteiger charge is 2.21. The number of nitrogens with one attached hydrogen (secondary N) is 2. The van der Waals surface area contributed by atoms with Crippen LogP contribution < -0.4 is 10.0 Å². The van der Waals surface area contributed by atoms with Crippen molar-refractivity contribution >= 4 is 32.4 Å². The summed E-state index contributed by atoms with van der Waals surface area (Å²) in [4.78, 5) is 14.7. The summed E-state index contributed by atoms with van der Waals surface area (Å²) in [7, 11) is -3.77. The van der Waals surface area contributed by atoms with Crippen LogP contribution in [-0.2, 0) is 23.0 Å². The molecule has 0 fully saturated rings. The molecule has 1 amide bonds. The molecular formula is C22H25N5O3S2. The van der Waals surface area contributed by atoms with Gasteiger partial charge in [0.15, 0.2) is 0 Å². The van der Waals surface area contributed by atoms with Crippen LogP contribution in [0.2, 0.25) is 0 Å². The van der Waals surface area contributed by atoms with Crippen LogP contribution in [0, 0.1) is 6.92 Å². The smallest absolute Gasteiger partial charge is 0.269 e. The number of aryl methyl sites for hydroxylation is 1. The van der Waals surface area contributed by atoms with Gasteiger partial charge in [0, 0.05) is 25.2 Å². The standard InChI is InChI=1S/C22H25N5O3S2/c1-16-6-4-9-18(14-16)20(28)24-21-25-26-22(31-21)32(29,30)23-11-5-12-27-13-10-17-7-2-3-8-19(17)15-27/h2-4,6-9,14,23H,5,10-13,15H2,1H3,(H,24,25,28). The summed E-state index contributed by atoms with van der Waals surface area (Å²) >= 11 is 0.830. The van der Waals surface area contributed by atoms with Gasteiger partial charge >= 0.3 is 0 Å². The van der Waals surface area contributed by atoms with Crippen molar-refractivity contribution in [1.82, 2.24) is 19.8 Å². The van der Waals surface area contributed by atoms with Crippen LogP contribution >= 0.6 is 11.3 Å². The number of anilines is 1. The number of nitrogens with zero attached hydrogens (tertiary/aromatic N) is 3. The van der Waals surface area contributed by atoms with Crippen LogP contribution in [-0.4, -0.2) is 49.1 Å². The van der Waals surface area contributed by atoms with E-state index < -0.39 is 10.0 Å². The number of aromatic nitrogens is 2. The third-order valence-corrected chi connectivity index (χ3v) is 7.96. The number of amides is 1. The second-order valence-corrected chi connectivity index (χ2v) is 10.7. The maximum atomic E-state index is 12.5. The van der Waals surface area contributed by atoms with E-state index in [-0.39, 0.29) is 15.4 Å². The number of benzene rings is 2. The van der Waals surface area contributed by atoms with Crippen molar-refractivity contribution in [3.63, 3.8) is 0 Å². The maximum absolute atomic E-state index is 12.5. The molecule has 3 aromatic rings. The highest BCUT2D eigenvalue weighted by atomic mass is 32.2. The summed E-state index contributed by atoms with van der Waals surface area (Å²) in [6.07, 6.45) is 1.71. The first-order valence-corrected chi connectivity index (χ1v) is 12.7. The zero-order chi connectivity index (χ0) is 22.6. The molecule has 0 aliphatic carbocycles. The first-order chi connectivity index (χ1) is 15.4. The Balaban J connectivity index is 1.26. The number of carbonyl (C=O) groups is 1. The second-order valence-electron chi connectivity index (χ2n) is 7.74. The molecule has 2 aromatic carbocycles. The van der Waals surface area contributed by atoms with Crippen LogP contribution in [0.3, 0.4) is 0 Å². The summed E-state index contributed by atoms with van der Waals surface area (Å²) in [5.74, 6) is -0.357. The fraction of sp³-hybridized carbons (Fsp3) is 0.318. The summed E-state index contributed by atoms with van der Waals surface area (Å²) in [6.45, 7) is 4.88. The van der Waals surface area contributed by atoms with Gasteiger partial charge in [0.2, 0.25) is 9.47 Å². The molecule has 0 atom stereocenters. The predicted octanol–water partition coefficient (Wildman–Crippen LogP) is 2.83. The van der Waals surface area contributed by atoms with Crippen LogP contribution in [0.4, 0.5) is 5.13 Å². The summed E-state index contributed by atoms with van der Waals surface area (Å²) < 4.78 is 27.5. The Hall–Kier alpha value is -2.66. The third-order valence-electron chi connectivity index (χ3n) is 5.29. The van der Waals surface area contributed by atoms with E-state index in [4.69, 9.17) is 0 Å². The molecule has 0 bridgehead atoms. The zero-order valence-electron chi connectivity index (χ0n) is 17.7. The Morgan fingerprint density at radius 3 is 2.75 bits per heavy atom. The van der Waals surface area contributed by atoms with Gasteiger partial charge in [-0.15, -0.1) is 10.2 Å². The van der Waals surface area contributed by atoms with E-state index in [1.807, 2.05) is 13.0 Å². The molecule has 0 spiro atoms. The highest BCUT2D eigenvalue weighted by molar-refractivity contribution is 7.91. The average molecular weight is 472 g/mol. The normalized spacial score (nSPS) is 14.2. The summed E-state index contributed by atoms with van der Waals surface area (Å²) in [5.41, 5.74) is 4.17. The molecule has 0 saturated carbocycles. The molecule has 8 nitrogen and oxygen atoms in total. The minimum atomic E-state index is -3.77. The van der Waals surface area contributed by atoms with E-state index >= 15 is 0 Å². The lowest BCUT2D eigenvalue weighted by Crippen LogP contribution is -2.33. The Morgan fingerprint density at radius 2 is 1.94 bits per heavy atom. The largest absolute Gasteiger partial charge is 0.299 e. The molecule has 10 heteroatoms. The van der Waals surface area contributed by atoms with Gasteiger partial charge in [-0.25, -0.2) is 13.1 Å². The van der Waals surface area contributed by atoms with Crippen molar-refractivity contribution in [2.24, 2.45) is 0 Å². The molecule has 1 aromatic heterocycles. The minimum Gasteiger partial charge on any atom is -0.299 e. The molecule has 0 saturated heterocycles. The lowest BCUT2D eigenvalue weighted by Gasteiger charge is -2.28. The van der Waals surface area contributed by atoms with Gasteiger partial charge in [0.05, 0.1) is 0 Å². The number of rotatable bonds is 8. The van der Waals surface area contributed by atoms with Gasteiger partial charge in [-0.05, 0) is 49.6 Å². The van der Waals surface area contributed by atoms with E-state index in [0.717, 1.165) is 43.0 Å². The Bertz CT molecular complexity index is 1210. The Labute approximate surface area is 191 Å². The van der Waals surface area contributed by atoms with E-state index in [9.17, 15) is 13.2 Å². The summed E-state index contributed by atoms with van der Waals surface area (Å²) in [5, 5.41) is 10.3. The molecule has 168 valence electrons. The molecular weight excluding hydrogens is 446 g/mol. The number of sulfonamides is 1. The third kappa shape index (κ3) is 5.57. The molecule has 1 aliphatic heterocycles. The Morgan fingerprint density at radius 1 is 1.12 bits per heavy atom. The van der Waals surface area contributed by atoms with E-state index in [1.54, 1.807) is 18.2 Å². The van der Waals surface area contributed by atoms with Gasteiger partial charge in [0.1, 0.15) is 0 Å². The monoisotopic (exact) mass is 471 g/mol. The van der Waals surface area contributed by atoms with Crippen molar-refractivity contribution in [3.8, 4) is 0 Å².